The van der Waals surface area contributed by atoms with Crippen molar-refractivity contribution in [2.45, 2.75) is 12.8 Å². The predicted octanol–water partition coefficient (Wildman–Crippen LogP) is 4.95. The number of fused-ring (bicyclic) bond motifs is 1. The van der Waals surface area contributed by atoms with E-state index >= 15 is 0 Å². The maximum atomic E-state index is 9.55. The lowest BCUT2D eigenvalue weighted by molar-refractivity contribution is -0.134. The summed E-state index contributed by atoms with van der Waals surface area (Å²) in [5.41, 5.74) is 6.72. The number of halogens is 2. The SMILES string of the molecule is CN1CCN(CCC2=CCc3c2cccc3-c2ccc(Cl)c(Cl)c2)CC1.O=C(O)C=CC(=O)O. The minimum Gasteiger partial charge on any atom is -0.478 e. The highest BCUT2D eigenvalue weighted by Gasteiger charge is 2.20. The fourth-order valence-electron chi connectivity index (χ4n) is 4.11. The lowest BCUT2D eigenvalue weighted by Crippen LogP contribution is -2.44. The quantitative estimate of drug-likeness (QED) is 0.543. The molecule has 0 unspecified atom stereocenters. The first-order valence-corrected chi connectivity index (χ1v) is 11.8. The number of allylic oxidation sites excluding steroid dienone is 1. The maximum Gasteiger partial charge on any atom is 0.328 e. The van der Waals surface area contributed by atoms with Crippen molar-refractivity contribution in [2.24, 2.45) is 0 Å². The molecule has 1 fully saturated rings. The van der Waals surface area contributed by atoms with Crippen LogP contribution in [-0.4, -0.2) is 71.7 Å². The molecule has 6 nitrogen and oxygen atoms in total. The van der Waals surface area contributed by atoms with E-state index < -0.39 is 11.9 Å². The molecule has 1 heterocycles. The van der Waals surface area contributed by atoms with Crippen molar-refractivity contribution in [2.75, 3.05) is 39.8 Å². The normalized spacial score (nSPS) is 16.0. The molecule has 2 aromatic rings. The number of aliphatic carboxylic acids is 2. The topological polar surface area (TPSA) is 81.1 Å². The molecule has 1 saturated heterocycles. The lowest BCUT2D eigenvalue weighted by atomic mass is 9.94. The molecule has 2 N–H and O–H groups in total. The fraction of sp³-hybridized carbons (Fsp3) is 0.308. The molecule has 0 saturated carbocycles. The number of carbonyl (C=O) groups is 2. The first kappa shape index (κ1) is 26.0. The Morgan fingerprint density at radius 3 is 2.21 bits per heavy atom. The number of hydrogen-bond donors (Lipinski definition) is 2. The van der Waals surface area contributed by atoms with Crippen molar-refractivity contribution < 1.29 is 19.8 Å². The van der Waals surface area contributed by atoms with Gasteiger partial charge >= 0.3 is 11.9 Å². The number of hydrogen-bond acceptors (Lipinski definition) is 4. The number of likely N-dealkylation sites (N-methyl/N-ethyl adjacent to an activating group) is 1. The van der Waals surface area contributed by atoms with E-state index in [4.69, 9.17) is 33.4 Å². The molecule has 0 aromatic heterocycles. The van der Waals surface area contributed by atoms with Crippen molar-refractivity contribution in [1.29, 1.82) is 0 Å². The summed E-state index contributed by atoms with van der Waals surface area (Å²) in [6.45, 7) is 5.87. The fourth-order valence-corrected chi connectivity index (χ4v) is 4.40. The van der Waals surface area contributed by atoms with Gasteiger partial charge in [0.25, 0.3) is 0 Å². The molecule has 1 aliphatic carbocycles. The van der Waals surface area contributed by atoms with Crippen molar-refractivity contribution in [3.8, 4) is 11.1 Å². The number of piperazine rings is 1. The molecule has 1 aliphatic heterocycles. The predicted molar refractivity (Wildman–Crippen MR) is 137 cm³/mol. The van der Waals surface area contributed by atoms with Crippen LogP contribution in [0.25, 0.3) is 16.7 Å². The Kier molecular flexibility index (Phi) is 9.30. The molecule has 0 radical (unpaired) electrons. The monoisotopic (exact) mass is 502 g/mol. The summed E-state index contributed by atoms with van der Waals surface area (Å²) in [7, 11) is 2.21. The molecule has 0 atom stereocenters. The van der Waals surface area contributed by atoms with E-state index in [1.165, 1.54) is 48.4 Å². The highest BCUT2D eigenvalue weighted by Crippen LogP contribution is 2.38. The molecule has 2 aliphatic rings. The molecule has 4 rings (SSSR count). The summed E-state index contributed by atoms with van der Waals surface area (Å²) >= 11 is 12.3. The molecule has 2 aromatic carbocycles. The van der Waals surface area contributed by atoms with Gasteiger partial charge < -0.3 is 20.0 Å². The maximum absolute atomic E-state index is 9.55. The third-order valence-corrected chi connectivity index (χ3v) is 6.71. The van der Waals surface area contributed by atoms with E-state index in [0.717, 1.165) is 24.9 Å². The van der Waals surface area contributed by atoms with E-state index in [2.05, 4.69) is 47.2 Å². The Hall–Kier alpha value is -2.64. The van der Waals surface area contributed by atoms with E-state index in [1.54, 1.807) is 0 Å². The van der Waals surface area contributed by atoms with E-state index in [9.17, 15) is 9.59 Å². The summed E-state index contributed by atoms with van der Waals surface area (Å²) in [4.78, 5) is 24.1. The highest BCUT2D eigenvalue weighted by molar-refractivity contribution is 6.42. The average molecular weight is 503 g/mol. The van der Waals surface area contributed by atoms with Gasteiger partial charge in [-0.05, 0) is 59.8 Å². The molecule has 8 heteroatoms. The minimum absolute atomic E-state index is 0.558. The van der Waals surface area contributed by atoms with Gasteiger partial charge in [-0.2, -0.15) is 0 Å². The summed E-state index contributed by atoms with van der Waals surface area (Å²) in [5, 5.41) is 16.8. The van der Waals surface area contributed by atoms with Crippen LogP contribution in [0.4, 0.5) is 0 Å². The smallest absolute Gasteiger partial charge is 0.328 e. The zero-order valence-corrected chi connectivity index (χ0v) is 20.5. The Morgan fingerprint density at radius 1 is 0.941 bits per heavy atom. The molecule has 0 bridgehead atoms. The number of carboxylic acid groups (broad SMARTS) is 2. The van der Waals surface area contributed by atoms with Crippen LogP contribution < -0.4 is 0 Å². The van der Waals surface area contributed by atoms with Gasteiger partial charge in [0.2, 0.25) is 0 Å². The molecule has 0 amide bonds. The van der Waals surface area contributed by atoms with Crippen LogP contribution in [0.3, 0.4) is 0 Å². The lowest BCUT2D eigenvalue weighted by Gasteiger charge is -2.32. The van der Waals surface area contributed by atoms with Crippen molar-refractivity contribution >= 4 is 40.7 Å². The van der Waals surface area contributed by atoms with Gasteiger partial charge in [0, 0.05) is 44.9 Å². The van der Waals surface area contributed by atoms with E-state index in [0.29, 0.717) is 22.2 Å². The standard InChI is InChI=1S/C22H24Cl2N2.C4H4O4/c1-25-11-13-26(14-12-25)10-9-16-5-7-20-18(16)3-2-4-19(20)17-6-8-21(23)22(24)15-17;5-3(6)1-2-4(7)8/h2-6,8,15H,7,9-14H2,1H3;1-2H,(H,5,6)(H,7,8). The van der Waals surface area contributed by atoms with Crippen LogP contribution in [0.2, 0.25) is 10.0 Å². The van der Waals surface area contributed by atoms with Gasteiger partial charge in [-0.15, -0.1) is 0 Å². The summed E-state index contributed by atoms with van der Waals surface area (Å²) in [5.74, 6) is -2.51. The first-order chi connectivity index (χ1) is 16.2. The molecular weight excluding hydrogens is 475 g/mol. The number of benzene rings is 2. The molecule has 34 heavy (non-hydrogen) atoms. The van der Waals surface area contributed by atoms with Crippen LogP contribution >= 0.6 is 23.2 Å². The second-order valence-corrected chi connectivity index (χ2v) is 9.11. The number of carboxylic acids is 2. The average Bonchev–Trinajstić information content (AvgIpc) is 3.23. The van der Waals surface area contributed by atoms with Crippen molar-refractivity contribution in [3.63, 3.8) is 0 Å². The van der Waals surface area contributed by atoms with Gasteiger partial charge in [-0.1, -0.05) is 53.5 Å². The summed E-state index contributed by atoms with van der Waals surface area (Å²) < 4.78 is 0. The van der Waals surface area contributed by atoms with E-state index in [1.807, 2.05) is 12.1 Å². The van der Waals surface area contributed by atoms with Crippen molar-refractivity contribution in [1.82, 2.24) is 9.80 Å². The molecular formula is C26H28Cl2N2O4. The number of nitrogens with zero attached hydrogens (tertiary/aromatic N) is 2. The highest BCUT2D eigenvalue weighted by atomic mass is 35.5. The summed E-state index contributed by atoms with van der Waals surface area (Å²) in [6.07, 6.45) is 5.65. The second-order valence-electron chi connectivity index (χ2n) is 8.30. The summed E-state index contributed by atoms with van der Waals surface area (Å²) in [6, 6.07) is 12.5. The van der Waals surface area contributed by atoms with Gasteiger partial charge in [0.1, 0.15) is 0 Å². The third kappa shape index (κ3) is 7.18. The van der Waals surface area contributed by atoms with Crippen LogP contribution in [0, 0.1) is 0 Å². The Labute approximate surface area is 209 Å². The van der Waals surface area contributed by atoms with Crippen molar-refractivity contribution in [3.05, 3.63) is 75.8 Å². The van der Waals surface area contributed by atoms with Gasteiger partial charge in [0.15, 0.2) is 0 Å². The Morgan fingerprint density at radius 2 is 1.59 bits per heavy atom. The van der Waals surface area contributed by atoms with Gasteiger partial charge in [-0.3, -0.25) is 0 Å². The third-order valence-electron chi connectivity index (χ3n) is 5.97. The Balaban J connectivity index is 0.000000350. The van der Waals surface area contributed by atoms with Crippen LogP contribution in [0.15, 0.2) is 54.6 Å². The van der Waals surface area contributed by atoms with Crippen LogP contribution in [0.1, 0.15) is 17.5 Å². The first-order valence-electron chi connectivity index (χ1n) is 11.1. The number of rotatable bonds is 6. The van der Waals surface area contributed by atoms with E-state index in [-0.39, 0.29) is 0 Å². The van der Waals surface area contributed by atoms with Gasteiger partial charge in [0.05, 0.1) is 10.0 Å². The molecule has 180 valence electrons. The minimum atomic E-state index is -1.26. The zero-order valence-electron chi connectivity index (χ0n) is 19.0. The van der Waals surface area contributed by atoms with Crippen LogP contribution in [-0.2, 0) is 16.0 Å². The molecule has 0 spiro atoms. The largest absolute Gasteiger partial charge is 0.478 e. The second kappa shape index (κ2) is 12.2. The van der Waals surface area contributed by atoms with Gasteiger partial charge in [-0.25, -0.2) is 9.59 Å². The van der Waals surface area contributed by atoms with Crippen LogP contribution in [0.5, 0.6) is 0 Å². The zero-order chi connectivity index (χ0) is 24.7. The Bertz CT molecular complexity index is 1090.